The number of hydrogen-bond acceptors (Lipinski definition) is 15. The number of anilines is 2. The number of hydrogen-bond donors (Lipinski definition) is 6. The molecule has 6 rings (SSSR count). The van der Waals surface area contributed by atoms with Crippen molar-refractivity contribution in [2.45, 2.75) is 55.2 Å². The molecule has 0 bridgehead atoms. The van der Waals surface area contributed by atoms with Gasteiger partial charge in [-0.1, -0.05) is 5.21 Å². The van der Waals surface area contributed by atoms with E-state index in [-0.39, 0.29) is 40.5 Å². The molecule has 0 saturated carbocycles. The molecule has 8 N–H and O–H groups in total. The minimum absolute atomic E-state index is 0.0600. The Hall–Kier alpha value is -3.30. The molecule has 0 amide bonds. The number of H-pyrrole nitrogens is 1. The normalized spacial score (nSPS) is 31.3. The summed E-state index contributed by atoms with van der Waals surface area (Å²) in [5.41, 5.74) is 9.05. The van der Waals surface area contributed by atoms with E-state index in [2.05, 4.69) is 35.2 Å². The van der Waals surface area contributed by atoms with Gasteiger partial charge in [0.2, 0.25) is 5.95 Å². The molecule has 18 nitrogen and oxygen atoms in total. The molecule has 22 heteroatoms. The molecular formula is C20H24F2N11O7PS. The Morgan fingerprint density at radius 1 is 1.12 bits per heavy atom. The van der Waals surface area contributed by atoms with Gasteiger partial charge in [0.15, 0.2) is 47.7 Å². The summed E-state index contributed by atoms with van der Waals surface area (Å²) in [7, 11) is 0. The molecule has 4 aromatic heterocycles. The second-order valence-electron chi connectivity index (χ2n) is 9.61. The molecule has 0 aromatic carbocycles. The number of halogens is 2. The summed E-state index contributed by atoms with van der Waals surface area (Å²) in [4.78, 5) is 41.7. The number of fused-ring (bicyclic) bond motifs is 2. The van der Waals surface area contributed by atoms with Crippen LogP contribution in [0.2, 0.25) is 0 Å². The van der Waals surface area contributed by atoms with Crippen molar-refractivity contribution in [2.75, 3.05) is 24.7 Å². The van der Waals surface area contributed by atoms with Crippen LogP contribution in [-0.2, 0) is 25.8 Å². The van der Waals surface area contributed by atoms with Gasteiger partial charge in [0.1, 0.15) is 35.9 Å². The van der Waals surface area contributed by atoms with E-state index in [9.17, 15) is 19.9 Å². The van der Waals surface area contributed by atoms with Crippen LogP contribution < -0.4 is 17.0 Å². The van der Waals surface area contributed by atoms with Gasteiger partial charge < -0.3 is 40.6 Å². The summed E-state index contributed by atoms with van der Waals surface area (Å²) in [5.74, 6) is -0.221. The molecule has 2 aliphatic heterocycles. The minimum Gasteiger partial charge on any atom is -0.396 e. The molecule has 226 valence electrons. The van der Waals surface area contributed by atoms with Crippen LogP contribution >= 0.6 is 6.49 Å². The highest BCUT2D eigenvalue weighted by molar-refractivity contribution is 8.09. The Morgan fingerprint density at radius 2 is 1.88 bits per heavy atom. The molecule has 9 atom stereocenters. The number of aromatic nitrogens is 9. The zero-order chi connectivity index (χ0) is 29.9. The van der Waals surface area contributed by atoms with Crippen molar-refractivity contribution in [3.05, 3.63) is 23.0 Å². The van der Waals surface area contributed by atoms with Crippen molar-refractivity contribution >= 4 is 52.4 Å². The summed E-state index contributed by atoms with van der Waals surface area (Å²) < 4.78 is 50.1. The van der Waals surface area contributed by atoms with Crippen LogP contribution in [0.1, 0.15) is 18.9 Å². The molecule has 4 aromatic rings. The summed E-state index contributed by atoms with van der Waals surface area (Å²) in [6.45, 7) is -5.33. The second-order valence-corrected chi connectivity index (χ2v) is 13.2. The van der Waals surface area contributed by atoms with Crippen LogP contribution in [0.4, 0.5) is 20.5 Å². The first-order chi connectivity index (χ1) is 20.0. The topological polar surface area (TPSA) is 260 Å². The maximum absolute atomic E-state index is 15.7. The zero-order valence-corrected chi connectivity index (χ0v) is 22.9. The lowest BCUT2D eigenvalue weighted by Crippen LogP contribution is -2.34. The largest absolute Gasteiger partial charge is 0.396 e. The van der Waals surface area contributed by atoms with Crippen molar-refractivity contribution < 1.29 is 37.9 Å². The molecule has 2 fully saturated rings. The summed E-state index contributed by atoms with van der Waals surface area (Å²) >= 11 is 5.34. The number of rotatable bonds is 8. The number of aliphatic hydroxyl groups is 2. The van der Waals surface area contributed by atoms with Gasteiger partial charge in [0.05, 0.1) is 19.0 Å². The number of imidazole rings is 1. The van der Waals surface area contributed by atoms with Gasteiger partial charge in [-0.2, -0.15) is 9.67 Å². The van der Waals surface area contributed by atoms with E-state index in [1.807, 2.05) is 0 Å². The zero-order valence-electron chi connectivity index (χ0n) is 21.2. The van der Waals surface area contributed by atoms with Gasteiger partial charge in [-0.25, -0.2) is 23.7 Å². The molecule has 0 aliphatic carbocycles. The number of aliphatic hydroxyl groups excluding tert-OH is 2. The van der Waals surface area contributed by atoms with E-state index < -0.39 is 74.0 Å². The molecular weight excluding hydrogens is 607 g/mol. The Labute approximate surface area is 237 Å². The standard InChI is InChI=1S/C20H24F2N11O7PS/c21-8-6(1-2-34)39-19(33-16-11(30-31-33)17(36)29-20(24)28-16)13(8)41(37,42)38-3-7-12(35)9(22)18(40-7)32-5-27-10-14(23)25-4-26-15(10)32/h4-9,12-13,18-19,34-35H,1-3H2,(H,37,42)(H2,23,25,26)(H3,24,28,29,36)/t6-,7-,8-,9+,12-,13-,18-,19-,41?/m1/s1. The second kappa shape index (κ2) is 10.8. The van der Waals surface area contributed by atoms with Crippen molar-refractivity contribution in [3.63, 3.8) is 0 Å². The van der Waals surface area contributed by atoms with Crippen LogP contribution in [0, 0.1) is 0 Å². The molecule has 6 heterocycles. The van der Waals surface area contributed by atoms with Crippen LogP contribution in [0.15, 0.2) is 17.4 Å². The lowest BCUT2D eigenvalue weighted by atomic mass is 10.1. The number of nitrogen functional groups attached to an aromatic ring is 2. The molecule has 1 unspecified atom stereocenters. The monoisotopic (exact) mass is 631 g/mol. The maximum Gasteiger partial charge on any atom is 0.282 e. The predicted octanol–water partition coefficient (Wildman–Crippen LogP) is -1.58. The van der Waals surface area contributed by atoms with Gasteiger partial charge in [0.25, 0.3) is 5.56 Å². The number of nitrogens with zero attached hydrogens (tertiary/aromatic N) is 8. The van der Waals surface area contributed by atoms with Gasteiger partial charge >= 0.3 is 0 Å². The molecule has 0 radical (unpaired) electrons. The van der Waals surface area contributed by atoms with Crippen LogP contribution in [0.3, 0.4) is 0 Å². The Kier molecular flexibility index (Phi) is 7.38. The Bertz CT molecular complexity index is 1740. The fourth-order valence-electron chi connectivity index (χ4n) is 5.03. The van der Waals surface area contributed by atoms with Crippen LogP contribution in [0.5, 0.6) is 0 Å². The molecule has 2 saturated heterocycles. The average Bonchev–Trinajstić information content (AvgIpc) is 3.69. The van der Waals surface area contributed by atoms with E-state index >= 15 is 8.78 Å². The van der Waals surface area contributed by atoms with E-state index in [4.69, 9.17) is 37.3 Å². The van der Waals surface area contributed by atoms with Gasteiger partial charge in [0, 0.05) is 6.61 Å². The van der Waals surface area contributed by atoms with Crippen molar-refractivity contribution in [1.29, 1.82) is 0 Å². The van der Waals surface area contributed by atoms with Gasteiger partial charge in [-0.05, 0) is 18.2 Å². The van der Waals surface area contributed by atoms with E-state index in [0.29, 0.717) is 0 Å². The van der Waals surface area contributed by atoms with Crippen molar-refractivity contribution in [2.24, 2.45) is 0 Å². The first kappa shape index (κ1) is 28.8. The van der Waals surface area contributed by atoms with Crippen LogP contribution in [-0.4, -0.2) is 109 Å². The molecule has 2 aliphatic rings. The Balaban J connectivity index is 1.25. The molecule has 42 heavy (non-hydrogen) atoms. The van der Waals surface area contributed by atoms with E-state index in [1.165, 1.54) is 10.9 Å². The van der Waals surface area contributed by atoms with Gasteiger partial charge in [-0.15, -0.1) is 5.10 Å². The highest BCUT2D eigenvalue weighted by Crippen LogP contribution is 2.59. The lowest BCUT2D eigenvalue weighted by Gasteiger charge is -2.28. The Morgan fingerprint density at radius 3 is 2.64 bits per heavy atom. The fourth-order valence-corrected chi connectivity index (χ4v) is 7.47. The first-order valence-electron chi connectivity index (χ1n) is 12.4. The predicted molar refractivity (Wildman–Crippen MR) is 142 cm³/mol. The van der Waals surface area contributed by atoms with Crippen LogP contribution in [0.25, 0.3) is 22.3 Å². The quantitative estimate of drug-likeness (QED) is 0.120. The van der Waals surface area contributed by atoms with Crippen molar-refractivity contribution in [3.8, 4) is 0 Å². The smallest absolute Gasteiger partial charge is 0.282 e. The average molecular weight is 632 g/mol. The molecule has 0 spiro atoms. The first-order valence-corrected chi connectivity index (χ1v) is 15.1. The van der Waals surface area contributed by atoms with E-state index in [0.717, 1.165) is 11.0 Å². The number of aromatic amines is 1. The third kappa shape index (κ3) is 4.71. The van der Waals surface area contributed by atoms with Gasteiger partial charge in [-0.3, -0.25) is 14.3 Å². The number of nitrogens with two attached hydrogens (primary N) is 2. The van der Waals surface area contributed by atoms with E-state index in [1.54, 1.807) is 0 Å². The van der Waals surface area contributed by atoms with Crippen molar-refractivity contribution in [1.82, 2.24) is 44.5 Å². The fraction of sp³-hybridized carbons (Fsp3) is 0.550. The third-order valence-electron chi connectivity index (χ3n) is 7.05. The summed E-state index contributed by atoms with van der Waals surface area (Å²) in [6, 6.07) is 0. The minimum atomic E-state index is -4.23. The summed E-state index contributed by atoms with van der Waals surface area (Å²) in [6.07, 6.45) is -8.96. The maximum atomic E-state index is 15.7. The number of ether oxygens (including phenoxy) is 2. The highest BCUT2D eigenvalue weighted by Gasteiger charge is 2.55. The number of alkyl halides is 2. The third-order valence-corrected chi connectivity index (χ3v) is 9.91. The summed E-state index contributed by atoms with van der Waals surface area (Å²) in [5, 5.41) is 27.6. The number of nitrogens with one attached hydrogen (secondary N) is 1. The highest BCUT2D eigenvalue weighted by atomic mass is 32.5. The SMILES string of the molecule is Nc1nc2c(nnn2[C@@H]2O[C@H](CCO)[C@@H](F)[C@H]2P(O)(=S)OC[C@H]2O[C@@H](n3cnc4c(N)ncnc43)[C@@H](F)[C@@H]2O)c(=O)[nH]1. The lowest BCUT2D eigenvalue weighted by molar-refractivity contribution is -0.0423.